The average molecular weight is 2150 g/mol. The van der Waals surface area contributed by atoms with Crippen LogP contribution in [0, 0.1) is 23.2 Å². The van der Waals surface area contributed by atoms with Crippen LogP contribution in [0.5, 0.6) is 5.75 Å². The number of rotatable bonds is 42. The summed E-state index contributed by atoms with van der Waals surface area (Å²) in [6, 6.07) is -3.77. The number of likely N-dealkylation sites (tertiary alicyclic amines) is 1. The second kappa shape index (κ2) is 60.1. The first kappa shape index (κ1) is 121. The Morgan fingerprint density at radius 3 is 1.83 bits per heavy atom. The minimum absolute atomic E-state index is 0.00739. The lowest BCUT2D eigenvalue weighted by Gasteiger charge is -2.31. The number of aromatic amines is 2. The number of para-hydroxylation sites is 1. The Bertz CT molecular complexity index is 5570. The molecule has 17 atom stereocenters. The monoisotopic (exact) mass is 2150 g/mol. The number of thioether (sulfide) groups is 1. The third kappa shape index (κ3) is 38.2. The Balaban J connectivity index is 1.25. The molecule has 0 aliphatic carbocycles. The second-order valence-electron chi connectivity index (χ2n) is 37.2. The van der Waals surface area contributed by atoms with Crippen molar-refractivity contribution >= 4 is 174 Å². The first-order valence-electron chi connectivity index (χ1n) is 49.1. The average Bonchev–Trinajstić information content (AvgIpc) is 1.65. The molecule has 0 radical (unpaired) electrons. The number of phenolic OH excluding ortho intramolecular Hbond substituents is 1. The summed E-state index contributed by atoms with van der Waals surface area (Å²) < 4.78 is 0. The fourth-order valence-electron chi connectivity index (χ4n) is 16.4. The van der Waals surface area contributed by atoms with Crippen LogP contribution in [0.25, 0.3) is 10.9 Å². The van der Waals surface area contributed by atoms with Gasteiger partial charge in [0, 0.05) is 80.1 Å². The Labute approximate surface area is 877 Å². The highest BCUT2D eigenvalue weighted by atomic mass is 33.1. The Kier molecular flexibility index (Phi) is 48.3. The van der Waals surface area contributed by atoms with Crippen LogP contribution < -0.4 is 119 Å². The number of amides is 21. The number of imidazole rings is 1. The number of nitrogens with two attached hydrogens (primary N) is 4. The van der Waals surface area contributed by atoms with Crippen LogP contribution >= 0.6 is 33.3 Å². The van der Waals surface area contributed by atoms with Gasteiger partial charge in [-0.2, -0.15) is 11.8 Å². The van der Waals surface area contributed by atoms with Gasteiger partial charge >= 0.3 is 0 Å². The van der Waals surface area contributed by atoms with Gasteiger partial charge in [0.15, 0.2) is 5.96 Å². The molecule has 4 unspecified atom stereocenters. The number of aromatic nitrogens is 3. The van der Waals surface area contributed by atoms with Crippen LogP contribution in [0.1, 0.15) is 129 Å². The van der Waals surface area contributed by atoms with Crippen molar-refractivity contribution in [2.45, 2.75) is 229 Å². The second-order valence-corrected chi connectivity index (χ2v) is 40.7. The van der Waals surface area contributed by atoms with Crippen molar-refractivity contribution < 1.29 is 111 Å². The van der Waals surface area contributed by atoms with Crippen LogP contribution in [0.15, 0.2) is 97.6 Å². The maximum Gasteiger partial charge on any atom is 0.245 e. The Hall–Kier alpha value is -14.7. The van der Waals surface area contributed by atoms with Gasteiger partial charge in [-0.15, -0.1) is 0 Å². The molecular weight excluding hydrogens is 2010 g/mol. The number of carbonyl (C=O) groups is 21. The molecule has 5 aromatic rings. The topological polar surface area (TPSA) is 794 Å². The number of aromatic hydroxyl groups is 1. The standard InChI is InChI=1S/C96H138N28O23S3/c1-9-51(6)79-93(145)122-80(52(7)125)94(146)117-64(36-55-39-104-59-21-14-13-20-58(55)59)86(138)120-78(50(4)5)92(144)119-68(87(139)113-61(22-15-30-103-96(100)101)95(147)124-32-17-23-69(124)89(141)107-43-74(130)106-42-73(129)105-41-72(98)128)47-150-149-46-67(88(140)116-65(37-56-40-102-48-110-56)84(136)114-62(34-53-18-11-10-12-19-53)81(133)109-45-76(132)123-31-16-24-70(123)90(142)121-79)118-82(134)60(29-33-148-8)112-83(135)63(35-54-25-27-57(126)28-26-54)115-85(137)66(38-71(97)127)111-75(131)44-108-91(143)77(99)49(2)3/h10-14,18-21,25-28,39-40,48-52,60-70,77-80,104,125-126H,9,15-17,22-24,29-38,41-47,99H2,1-8H3,(H2,97,127)(H2,98,128)(H,102,110)(H,105,129)(H,106,130)(H,107,141)(H,108,143)(H,109,133)(H,111,131)(H,112,135)(H,113,139)(H,114,136)(H,115,137)(H,116,140)(H,117,146)(H,118,134)(H,119,144)(H,120,138)(H,121,142)(H,122,145)(H4,100,101,103)/t51-,52?,60-,61-,62?,63-,64?,65-,66-,67-,68?,69-,70-,77-,78-,79-,80-/m0/s1. The molecule has 54 heteroatoms. The zero-order valence-electron chi connectivity index (χ0n) is 84.5. The molecule has 0 bridgehead atoms. The van der Waals surface area contributed by atoms with Crippen molar-refractivity contribution in [2.75, 3.05) is 75.9 Å². The van der Waals surface area contributed by atoms with Crippen LogP contribution in [0.3, 0.4) is 0 Å². The number of H-pyrrole nitrogens is 2. The minimum atomic E-state index is -1.89. The summed E-state index contributed by atoms with van der Waals surface area (Å²) in [6.07, 6.45) is 2.04. The highest BCUT2D eigenvalue weighted by Gasteiger charge is 2.44. The van der Waals surface area contributed by atoms with Gasteiger partial charge in [-0.25, -0.2) is 4.98 Å². The van der Waals surface area contributed by atoms with E-state index in [0.29, 0.717) is 27.6 Å². The first-order valence-corrected chi connectivity index (χ1v) is 53.0. The zero-order chi connectivity index (χ0) is 110. The smallest absolute Gasteiger partial charge is 0.245 e. The lowest BCUT2D eigenvalue weighted by Crippen LogP contribution is -2.63. The van der Waals surface area contributed by atoms with Gasteiger partial charge in [0.05, 0.1) is 63.3 Å². The number of aliphatic hydroxyl groups is 1. The molecule has 31 N–H and O–H groups in total. The molecule has 0 saturated carbocycles. The molecule has 3 fully saturated rings. The van der Waals surface area contributed by atoms with E-state index in [2.05, 4.69) is 111 Å². The maximum absolute atomic E-state index is 15.9. The summed E-state index contributed by atoms with van der Waals surface area (Å²) in [5, 5.41) is 76.6. The summed E-state index contributed by atoms with van der Waals surface area (Å²) in [5.74, 6) is -24.4. The number of primary amides is 2. The van der Waals surface area contributed by atoms with Crippen LogP contribution in [0.2, 0.25) is 0 Å². The molecular formula is C96H138N28O23S3. The first-order chi connectivity index (χ1) is 71.3. The molecule has 818 valence electrons. The van der Waals surface area contributed by atoms with Crippen molar-refractivity contribution in [2.24, 2.45) is 40.7 Å². The maximum atomic E-state index is 15.9. The highest BCUT2D eigenvalue weighted by molar-refractivity contribution is 8.76. The van der Waals surface area contributed by atoms with Crippen molar-refractivity contribution in [1.29, 1.82) is 5.41 Å². The minimum Gasteiger partial charge on any atom is -0.508 e. The van der Waals surface area contributed by atoms with E-state index in [9.17, 15) is 67.7 Å². The predicted molar refractivity (Wildman–Crippen MR) is 553 cm³/mol. The fourth-order valence-corrected chi connectivity index (χ4v) is 19.2. The summed E-state index contributed by atoms with van der Waals surface area (Å²) in [6.45, 7) is 7.34. The molecule has 3 aliphatic heterocycles. The van der Waals surface area contributed by atoms with Gasteiger partial charge in [-0.1, -0.05) is 130 Å². The predicted octanol–water partition coefficient (Wildman–Crippen LogP) is -6.91. The van der Waals surface area contributed by atoms with E-state index in [1.165, 1.54) is 74.2 Å². The number of aliphatic hydroxyl groups excluding tert-OH is 1. The summed E-state index contributed by atoms with van der Waals surface area (Å²) >= 11 is 1.20. The Morgan fingerprint density at radius 1 is 0.560 bits per heavy atom. The number of phenols is 1. The van der Waals surface area contributed by atoms with Crippen molar-refractivity contribution in [3.8, 4) is 5.75 Å². The van der Waals surface area contributed by atoms with E-state index in [1.54, 1.807) is 94.7 Å². The molecule has 2 aromatic heterocycles. The van der Waals surface area contributed by atoms with Crippen LogP contribution in [0.4, 0.5) is 0 Å². The number of nitrogens with one attached hydrogen (secondary N) is 21. The molecule has 8 rings (SSSR count). The SMILES string of the molecule is CC[C@H](C)[C@@H]1NC(=O)[C@@H]2CCCN2C(=O)CNC(=O)C(Cc2ccccc2)NC(=O)[C@H](Cc2c[nH]cn2)NC(=O)[C@@H](NC(=O)[C@H](CCSC)NC(=O)[C@H](Cc2ccc(O)cc2)NC(=O)[C@H](CC(N)=O)NC(=O)CNC(=O)[C@@H](N)C(C)C)CSSCC(C(=O)N[C@@H](CCCNC(=N)N)C(=O)N2CCC[C@H]2C(=O)NCC(=O)NCC(=O)NCC(N)=O)NC(=O)[C@H](C(C)C)NC(=O)C(Cc2c[nH]c3ccccc23)NC(=O)[C@H](C(C)O)NC1=O. The van der Waals surface area contributed by atoms with Gasteiger partial charge in [0.1, 0.15) is 90.3 Å². The van der Waals surface area contributed by atoms with E-state index in [-0.39, 0.29) is 107 Å². The van der Waals surface area contributed by atoms with Gasteiger partial charge in [0.2, 0.25) is 124 Å². The number of hydrogen-bond donors (Lipinski definition) is 27. The van der Waals surface area contributed by atoms with Crippen LogP contribution in [-0.4, -0.2) is 338 Å². The summed E-state index contributed by atoms with van der Waals surface area (Å²) in [4.78, 5) is 315. The van der Waals surface area contributed by atoms with E-state index in [0.717, 1.165) is 26.5 Å². The number of hydrogen-bond acceptors (Lipinski definition) is 29. The number of nitrogens with zero attached hydrogens (tertiary/aromatic N) is 3. The van der Waals surface area contributed by atoms with Gasteiger partial charge in [-0.3, -0.25) is 106 Å². The lowest BCUT2D eigenvalue weighted by molar-refractivity contribution is -0.142. The van der Waals surface area contributed by atoms with E-state index < -0.39 is 302 Å². The van der Waals surface area contributed by atoms with Gasteiger partial charge < -0.3 is 149 Å². The van der Waals surface area contributed by atoms with E-state index in [4.69, 9.17) is 28.3 Å². The fraction of sp³-hybridized carbons (Fsp3) is 0.531. The molecule has 3 aliphatic rings. The summed E-state index contributed by atoms with van der Waals surface area (Å²) in [5.41, 5.74) is 24.3. The zero-order valence-corrected chi connectivity index (χ0v) is 87.0. The lowest BCUT2D eigenvalue weighted by atomic mass is 9.96. The van der Waals surface area contributed by atoms with Crippen LogP contribution in [-0.2, 0) is 126 Å². The van der Waals surface area contributed by atoms with Crippen molar-refractivity contribution in [3.05, 3.63) is 120 Å². The third-order valence-corrected chi connectivity index (χ3v) is 28.0. The molecule has 51 nitrogen and oxygen atoms in total. The Morgan fingerprint density at radius 2 is 1.17 bits per heavy atom. The molecule has 3 aromatic carbocycles. The van der Waals surface area contributed by atoms with E-state index >= 15 is 43.2 Å². The third-order valence-electron chi connectivity index (χ3n) is 25.0. The summed E-state index contributed by atoms with van der Waals surface area (Å²) in [7, 11) is 1.50. The van der Waals surface area contributed by atoms with Crippen molar-refractivity contribution in [1.82, 2.24) is 120 Å². The van der Waals surface area contributed by atoms with Crippen molar-refractivity contribution in [3.63, 3.8) is 0 Å². The normalized spacial score (nSPS) is 21.1. The molecule has 150 heavy (non-hydrogen) atoms. The number of benzene rings is 3. The molecule has 3 saturated heterocycles. The highest BCUT2D eigenvalue weighted by Crippen LogP contribution is 2.28. The number of guanidine groups is 1. The van der Waals surface area contributed by atoms with Gasteiger partial charge in [-0.05, 0) is 117 Å². The number of fused-ring (bicyclic) bond motifs is 2. The molecule has 0 spiro atoms. The quantitative estimate of drug-likeness (QED) is 0.00747. The largest absolute Gasteiger partial charge is 0.508 e. The molecule has 5 heterocycles. The van der Waals surface area contributed by atoms with E-state index in [1.807, 2.05) is 0 Å². The molecule has 21 amide bonds. The van der Waals surface area contributed by atoms with Gasteiger partial charge in [0.25, 0.3) is 0 Å². The number of carbonyl (C=O) groups excluding carboxylic acids is 21.